The van der Waals surface area contributed by atoms with Crippen molar-refractivity contribution in [2.45, 2.75) is 57.5 Å². The van der Waals surface area contributed by atoms with Gasteiger partial charge in [-0.15, -0.1) is 0 Å². The maximum atomic E-state index is 3.69. The van der Waals surface area contributed by atoms with E-state index in [0.717, 1.165) is 6.04 Å². The smallest absolute Gasteiger partial charge is 0.0350 e. The van der Waals surface area contributed by atoms with Gasteiger partial charge in [0.2, 0.25) is 0 Å². The Bertz CT molecular complexity index is 421. The predicted molar refractivity (Wildman–Crippen MR) is 85.0 cm³/mol. The fourth-order valence-electron chi connectivity index (χ4n) is 3.87. The summed E-state index contributed by atoms with van der Waals surface area (Å²) in [4.78, 5) is 2.74. The lowest BCUT2D eigenvalue weighted by molar-refractivity contribution is 0.130. The topological polar surface area (TPSA) is 15.3 Å². The molecule has 1 aromatic rings. The zero-order chi connectivity index (χ0) is 13.8. The summed E-state index contributed by atoms with van der Waals surface area (Å²) in [6.45, 7) is 5.96. The summed E-state index contributed by atoms with van der Waals surface area (Å²) >= 11 is 0. The van der Waals surface area contributed by atoms with Crippen LogP contribution in [0.2, 0.25) is 0 Å². The second kappa shape index (κ2) is 6.73. The molecule has 1 aromatic carbocycles. The number of aryl methyl sites for hydroxylation is 1. The van der Waals surface area contributed by atoms with Crippen LogP contribution in [0.5, 0.6) is 0 Å². The highest BCUT2D eigenvalue weighted by molar-refractivity contribution is 5.32. The van der Waals surface area contributed by atoms with Crippen LogP contribution in [0.15, 0.2) is 24.3 Å². The lowest BCUT2D eigenvalue weighted by Gasteiger charge is -2.40. The maximum Gasteiger partial charge on any atom is 0.0350 e. The second-order valence-corrected chi connectivity index (χ2v) is 6.37. The van der Waals surface area contributed by atoms with Crippen molar-refractivity contribution in [2.75, 3.05) is 19.6 Å². The van der Waals surface area contributed by atoms with E-state index in [1.165, 1.54) is 58.2 Å². The van der Waals surface area contributed by atoms with Gasteiger partial charge in [0.15, 0.2) is 0 Å². The normalized spacial score (nSPS) is 24.6. The van der Waals surface area contributed by atoms with E-state index in [-0.39, 0.29) is 0 Å². The van der Waals surface area contributed by atoms with Crippen molar-refractivity contribution >= 4 is 0 Å². The van der Waals surface area contributed by atoms with E-state index < -0.39 is 0 Å². The van der Waals surface area contributed by atoms with Crippen molar-refractivity contribution in [1.29, 1.82) is 0 Å². The molecule has 0 unspecified atom stereocenters. The Hall–Kier alpha value is -0.860. The van der Waals surface area contributed by atoms with Gasteiger partial charge in [0.25, 0.3) is 0 Å². The number of rotatable bonds is 4. The van der Waals surface area contributed by atoms with Gasteiger partial charge in [-0.1, -0.05) is 31.2 Å². The van der Waals surface area contributed by atoms with Crippen LogP contribution in [0.1, 0.15) is 56.2 Å². The SMILES string of the molecule is CCCNC1CCN([C@H]2CCCc3ccccc32)CC1. The molecule has 0 radical (unpaired) electrons. The Labute approximate surface area is 123 Å². The Balaban J connectivity index is 1.62. The first kappa shape index (κ1) is 14.1. The van der Waals surface area contributed by atoms with Crippen LogP contribution in [0, 0.1) is 0 Å². The van der Waals surface area contributed by atoms with Crippen molar-refractivity contribution in [3.05, 3.63) is 35.4 Å². The van der Waals surface area contributed by atoms with Crippen molar-refractivity contribution in [3.63, 3.8) is 0 Å². The molecular formula is C18H28N2. The van der Waals surface area contributed by atoms with Gasteiger partial charge in [-0.3, -0.25) is 4.90 Å². The third-order valence-electron chi connectivity index (χ3n) is 4.99. The zero-order valence-electron chi connectivity index (χ0n) is 12.8. The molecule has 2 heteroatoms. The van der Waals surface area contributed by atoms with E-state index in [1.54, 1.807) is 11.1 Å². The van der Waals surface area contributed by atoms with Crippen LogP contribution < -0.4 is 5.32 Å². The van der Waals surface area contributed by atoms with E-state index in [9.17, 15) is 0 Å². The monoisotopic (exact) mass is 272 g/mol. The first-order chi connectivity index (χ1) is 9.88. The fourth-order valence-corrected chi connectivity index (χ4v) is 3.87. The average molecular weight is 272 g/mol. The number of fused-ring (bicyclic) bond motifs is 1. The Morgan fingerprint density at radius 1 is 1.15 bits per heavy atom. The van der Waals surface area contributed by atoms with E-state index in [1.807, 2.05) is 0 Å². The minimum Gasteiger partial charge on any atom is -0.314 e. The summed E-state index contributed by atoms with van der Waals surface area (Å²) in [6, 6.07) is 10.5. The van der Waals surface area contributed by atoms with Gasteiger partial charge in [0.05, 0.1) is 0 Å². The molecule has 0 saturated carbocycles. The molecule has 3 rings (SSSR count). The van der Waals surface area contributed by atoms with Gasteiger partial charge in [-0.2, -0.15) is 0 Å². The van der Waals surface area contributed by atoms with Gasteiger partial charge in [-0.25, -0.2) is 0 Å². The second-order valence-electron chi connectivity index (χ2n) is 6.37. The summed E-state index contributed by atoms with van der Waals surface area (Å²) < 4.78 is 0. The quantitative estimate of drug-likeness (QED) is 0.902. The van der Waals surface area contributed by atoms with Crippen LogP contribution in [-0.4, -0.2) is 30.6 Å². The number of likely N-dealkylation sites (tertiary alicyclic amines) is 1. The standard InChI is InChI=1S/C18H28N2/c1-2-12-19-16-10-13-20(14-11-16)18-9-5-7-15-6-3-4-8-17(15)18/h3-4,6,8,16,18-19H,2,5,7,9-14H2,1H3/t18-/m0/s1. The van der Waals surface area contributed by atoms with Gasteiger partial charge in [0, 0.05) is 25.2 Å². The molecule has 0 aromatic heterocycles. The van der Waals surface area contributed by atoms with Gasteiger partial charge in [0.1, 0.15) is 0 Å². The molecule has 110 valence electrons. The van der Waals surface area contributed by atoms with Crippen molar-refractivity contribution in [2.24, 2.45) is 0 Å². The summed E-state index contributed by atoms with van der Waals surface area (Å²) in [5, 5.41) is 3.69. The summed E-state index contributed by atoms with van der Waals surface area (Å²) in [5.41, 5.74) is 3.20. The fraction of sp³-hybridized carbons (Fsp3) is 0.667. The molecule has 1 N–H and O–H groups in total. The highest BCUT2D eigenvalue weighted by Gasteiger charge is 2.28. The summed E-state index contributed by atoms with van der Waals surface area (Å²) in [5.74, 6) is 0. The predicted octanol–water partition coefficient (Wildman–Crippen LogP) is 3.53. The lowest BCUT2D eigenvalue weighted by Crippen LogP contribution is -2.44. The maximum absolute atomic E-state index is 3.69. The van der Waals surface area contributed by atoms with Gasteiger partial charge < -0.3 is 5.32 Å². The molecule has 0 bridgehead atoms. The van der Waals surface area contributed by atoms with E-state index in [0.29, 0.717) is 6.04 Å². The Morgan fingerprint density at radius 3 is 2.75 bits per heavy atom. The molecular weight excluding hydrogens is 244 g/mol. The number of hydrogen-bond acceptors (Lipinski definition) is 2. The highest BCUT2D eigenvalue weighted by atomic mass is 15.2. The Morgan fingerprint density at radius 2 is 1.95 bits per heavy atom. The molecule has 1 fully saturated rings. The summed E-state index contributed by atoms with van der Waals surface area (Å²) in [6.07, 6.45) is 7.87. The zero-order valence-corrected chi connectivity index (χ0v) is 12.8. The van der Waals surface area contributed by atoms with Crippen molar-refractivity contribution in [1.82, 2.24) is 10.2 Å². The molecule has 1 aliphatic heterocycles. The van der Waals surface area contributed by atoms with Gasteiger partial charge >= 0.3 is 0 Å². The molecule has 2 aliphatic rings. The van der Waals surface area contributed by atoms with Crippen LogP contribution in [-0.2, 0) is 6.42 Å². The van der Waals surface area contributed by atoms with Crippen LogP contribution >= 0.6 is 0 Å². The first-order valence-corrected chi connectivity index (χ1v) is 8.43. The Kier molecular flexibility index (Phi) is 4.74. The van der Waals surface area contributed by atoms with E-state index in [2.05, 4.69) is 41.4 Å². The highest BCUT2D eigenvalue weighted by Crippen LogP contribution is 2.35. The van der Waals surface area contributed by atoms with Gasteiger partial charge in [-0.05, 0) is 56.2 Å². The largest absolute Gasteiger partial charge is 0.314 e. The first-order valence-electron chi connectivity index (χ1n) is 8.43. The molecule has 20 heavy (non-hydrogen) atoms. The van der Waals surface area contributed by atoms with Crippen LogP contribution in [0.25, 0.3) is 0 Å². The molecule has 0 amide bonds. The lowest BCUT2D eigenvalue weighted by atomic mass is 9.86. The van der Waals surface area contributed by atoms with Crippen LogP contribution in [0.3, 0.4) is 0 Å². The number of hydrogen-bond donors (Lipinski definition) is 1. The van der Waals surface area contributed by atoms with Crippen molar-refractivity contribution < 1.29 is 0 Å². The number of piperidine rings is 1. The van der Waals surface area contributed by atoms with Crippen molar-refractivity contribution in [3.8, 4) is 0 Å². The molecule has 2 nitrogen and oxygen atoms in total. The molecule has 1 saturated heterocycles. The molecule has 1 atom stereocenters. The minimum atomic E-state index is 0.687. The third kappa shape index (κ3) is 3.07. The molecule has 1 heterocycles. The number of nitrogens with one attached hydrogen (secondary N) is 1. The minimum absolute atomic E-state index is 0.687. The van der Waals surface area contributed by atoms with E-state index >= 15 is 0 Å². The third-order valence-corrected chi connectivity index (χ3v) is 4.99. The summed E-state index contributed by atoms with van der Waals surface area (Å²) in [7, 11) is 0. The van der Waals surface area contributed by atoms with Crippen LogP contribution in [0.4, 0.5) is 0 Å². The molecule has 1 aliphatic carbocycles. The number of benzene rings is 1. The molecule has 0 spiro atoms. The number of nitrogens with zero attached hydrogens (tertiary/aromatic N) is 1. The average Bonchev–Trinajstić information content (AvgIpc) is 2.53. The van der Waals surface area contributed by atoms with E-state index in [4.69, 9.17) is 0 Å².